The number of pyridine rings is 1. The Morgan fingerprint density at radius 2 is 1.82 bits per heavy atom. The Kier molecular flexibility index (Phi) is 6.03. The van der Waals surface area contributed by atoms with Crippen molar-refractivity contribution in [1.82, 2.24) is 35.4 Å². The number of nitrogen functional groups attached to an aromatic ring is 1. The average Bonchev–Trinajstić information content (AvgIpc) is 3.32. The molecule has 1 aromatic carbocycles. The number of hydrogen-bond donors (Lipinski definition) is 2. The van der Waals surface area contributed by atoms with Crippen LogP contribution in [0.1, 0.15) is 10.4 Å². The molecule has 34 heavy (non-hydrogen) atoms. The van der Waals surface area contributed by atoms with Crippen LogP contribution in [-0.4, -0.2) is 55.8 Å². The van der Waals surface area contributed by atoms with E-state index in [1.165, 1.54) is 12.1 Å². The van der Waals surface area contributed by atoms with Gasteiger partial charge in [-0.3, -0.25) is 9.78 Å². The van der Waals surface area contributed by atoms with Crippen molar-refractivity contribution in [1.29, 1.82) is 0 Å². The fourth-order valence-electron chi connectivity index (χ4n) is 2.75. The molecule has 0 aliphatic heterocycles. The van der Waals surface area contributed by atoms with Crippen LogP contribution in [0, 0.1) is 0 Å². The molecular weight excluding hydrogens is 455 g/mol. The number of alkyl halides is 3. The number of rotatable bonds is 6. The molecule has 174 valence electrons. The molecule has 0 spiro atoms. The molecule has 0 fully saturated rings. The SMILES string of the molecule is CN(c1ccccc1)c1nc(N)nc(-c2noc(-c3ccc(C(=O)NCC(F)(F)F)cn3)n2)n1. The van der Waals surface area contributed by atoms with E-state index in [2.05, 4.69) is 30.1 Å². The highest BCUT2D eigenvalue weighted by molar-refractivity contribution is 5.94. The lowest BCUT2D eigenvalue weighted by molar-refractivity contribution is -0.123. The number of amides is 1. The summed E-state index contributed by atoms with van der Waals surface area (Å²) in [5.74, 6) is -0.662. The van der Waals surface area contributed by atoms with Gasteiger partial charge in [0.25, 0.3) is 11.8 Å². The summed E-state index contributed by atoms with van der Waals surface area (Å²) in [6, 6.07) is 12.0. The molecule has 0 aliphatic rings. The molecule has 0 aliphatic carbocycles. The minimum atomic E-state index is -4.52. The van der Waals surface area contributed by atoms with Crippen molar-refractivity contribution in [2.75, 3.05) is 24.2 Å². The highest BCUT2D eigenvalue weighted by Gasteiger charge is 2.28. The van der Waals surface area contributed by atoms with Crippen molar-refractivity contribution in [2.24, 2.45) is 0 Å². The van der Waals surface area contributed by atoms with Gasteiger partial charge in [-0.15, -0.1) is 0 Å². The Morgan fingerprint density at radius 1 is 1.06 bits per heavy atom. The molecule has 3 aromatic heterocycles. The Morgan fingerprint density at radius 3 is 2.50 bits per heavy atom. The molecule has 1 amide bonds. The average molecular weight is 471 g/mol. The van der Waals surface area contributed by atoms with Gasteiger partial charge in [0.05, 0.1) is 5.56 Å². The molecule has 14 heteroatoms. The van der Waals surface area contributed by atoms with E-state index < -0.39 is 18.6 Å². The van der Waals surface area contributed by atoms with Crippen LogP contribution in [0.4, 0.5) is 30.8 Å². The lowest BCUT2D eigenvalue weighted by atomic mass is 10.2. The zero-order valence-corrected chi connectivity index (χ0v) is 17.5. The fraction of sp³-hybridized carbons (Fsp3) is 0.150. The monoisotopic (exact) mass is 471 g/mol. The van der Waals surface area contributed by atoms with Crippen LogP contribution in [0.25, 0.3) is 23.2 Å². The Balaban J connectivity index is 1.53. The predicted octanol–water partition coefficient (Wildman–Crippen LogP) is 2.63. The highest BCUT2D eigenvalue weighted by Crippen LogP contribution is 2.24. The Bertz CT molecular complexity index is 1290. The van der Waals surface area contributed by atoms with Crippen LogP contribution in [0.2, 0.25) is 0 Å². The number of carbonyl (C=O) groups is 1. The molecule has 0 atom stereocenters. The van der Waals surface area contributed by atoms with Gasteiger partial charge in [0.1, 0.15) is 12.2 Å². The number of nitrogens with one attached hydrogen (secondary N) is 1. The summed E-state index contributed by atoms with van der Waals surface area (Å²) in [7, 11) is 1.76. The molecule has 3 heterocycles. The lowest BCUT2D eigenvalue weighted by Crippen LogP contribution is -2.33. The second kappa shape index (κ2) is 9.09. The third kappa shape index (κ3) is 5.23. The third-order valence-electron chi connectivity index (χ3n) is 4.40. The van der Waals surface area contributed by atoms with Gasteiger partial charge in [-0.05, 0) is 24.3 Å². The Hall–Kier alpha value is -4.62. The predicted molar refractivity (Wildman–Crippen MR) is 114 cm³/mol. The summed E-state index contributed by atoms with van der Waals surface area (Å²) >= 11 is 0. The molecule has 0 bridgehead atoms. The Labute approximate surface area is 189 Å². The smallest absolute Gasteiger partial charge is 0.368 e. The maximum atomic E-state index is 12.3. The molecule has 0 saturated heterocycles. The van der Waals surface area contributed by atoms with E-state index in [0.29, 0.717) is 0 Å². The van der Waals surface area contributed by atoms with Gasteiger partial charge in [0.2, 0.25) is 23.5 Å². The van der Waals surface area contributed by atoms with E-state index in [0.717, 1.165) is 11.9 Å². The van der Waals surface area contributed by atoms with Crippen LogP contribution < -0.4 is 16.0 Å². The van der Waals surface area contributed by atoms with Crippen LogP contribution in [0.5, 0.6) is 0 Å². The van der Waals surface area contributed by atoms with Gasteiger partial charge in [0.15, 0.2) is 0 Å². The minimum absolute atomic E-state index is 0.0145. The first-order chi connectivity index (χ1) is 16.2. The van der Waals surface area contributed by atoms with E-state index >= 15 is 0 Å². The maximum absolute atomic E-state index is 12.3. The van der Waals surface area contributed by atoms with E-state index in [1.807, 2.05) is 30.3 Å². The van der Waals surface area contributed by atoms with Crippen LogP contribution >= 0.6 is 0 Å². The van der Waals surface area contributed by atoms with Crippen molar-refractivity contribution in [3.63, 3.8) is 0 Å². The topological polar surface area (TPSA) is 149 Å². The first-order valence-electron chi connectivity index (χ1n) is 9.65. The van der Waals surface area contributed by atoms with Crippen LogP contribution in [0.3, 0.4) is 0 Å². The van der Waals surface area contributed by atoms with Crippen molar-refractivity contribution < 1.29 is 22.5 Å². The number of halogens is 3. The summed E-state index contributed by atoms with van der Waals surface area (Å²) in [4.78, 5) is 34.2. The minimum Gasteiger partial charge on any atom is -0.368 e. The van der Waals surface area contributed by atoms with Crippen molar-refractivity contribution in [3.05, 3.63) is 54.2 Å². The zero-order chi connectivity index (χ0) is 24.3. The van der Waals surface area contributed by atoms with Gasteiger partial charge in [-0.2, -0.15) is 33.1 Å². The molecule has 0 unspecified atom stereocenters. The van der Waals surface area contributed by atoms with Gasteiger partial charge in [-0.25, -0.2) is 0 Å². The molecule has 4 rings (SSSR count). The number of carbonyl (C=O) groups excluding carboxylic acids is 1. The summed E-state index contributed by atoms with van der Waals surface area (Å²) in [5.41, 5.74) is 6.77. The van der Waals surface area contributed by atoms with E-state index in [1.54, 1.807) is 17.3 Å². The molecular formula is C20H16F3N9O2. The van der Waals surface area contributed by atoms with Crippen molar-refractivity contribution in [3.8, 4) is 23.2 Å². The number of nitrogens with zero attached hydrogens (tertiary/aromatic N) is 7. The number of benzene rings is 1. The highest BCUT2D eigenvalue weighted by atomic mass is 19.4. The molecule has 0 saturated carbocycles. The number of hydrogen-bond acceptors (Lipinski definition) is 10. The lowest BCUT2D eigenvalue weighted by Gasteiger charge is -2.17. The van der Waals surface area contributed by atoms with Crippen molar-refractivity contribution in [2.45, 2.75) is 6.18 Å². The summed E-state index contributed by atoms with van der Waals surface area (Å²) < 4.78 is 42.0. The number of aromatic nitrogens is 6. The van der Waals surface area contributed by atoms with E-state index in [-0.39, 0.29) is 40.7 Å². The van der Waals surface area contributed by atoms with Gasteiger partial charge >= 0.3 is 6.18 Å². The van der Waals surface area contributed by atoms with E-state index in [9.17, 15) is 18.0 Å². The first kappa shape index (κ1) is 22.6. The normalized spacial score (nSPS) is 11.3. The fourth-order valence-corrected chi connectivity index (χ4v) is 2.75. The second-order valence-corrected chi connectivity index (χ2v) is 6.86. The van der Waals surface area contributed by atoms with Crippen LogP contribution in [-0.2, 0) is 0 Å². The molecule has 3 N–H and O–H groups in total. The number of nitrogens with two attached hydrogens (primary N) is 1. The summed E-state index contributed by atoms with van der Waals surface area (Å²) in [6.07, 6.45) is -3.42. The molecule has 0 radical (unpaired) electrons. The zero-order valence-electron chi connectivity index (χ0n) is 17.5. The molecule has 11 nitrogen and oxygen atoms in total. The largest absolute Gasteiger partial charge is 0.405 e. The summed E-state index contributed by atoms with van der Waals surface area (Å²) in [5, 5.41) is 5.60. The third-order valence-corrected chi connectivity index (χ3v) is 4.40. The summed E-state index contributed by atoms with van der Waals surface area (Å²) in [6.45, 7) is -1.45. The number of para-hydroxylation sites is 1. The second-order valence-electron chi connectivity index (χ2n) is 6.86. The maximum Gasteiger partial charge on any atom is 0.405 e. The quantitative estimate of drug-likeness (QED) is 0.430. The molecule has 4 aromatic rings. The van der Waals surface area contributed by atoms with Crippen LogP contribution in [0.15, 0.2) is 53.2 Å². The van der Waals surface area contributed by atoms with Gasteiger partial charge in [0, 0.05) is 18.9 Å². The van der Waals surface area contributed by atoms with Gasteiger partial charge in [-0.1, -0.05) is 23.4 Å². The van der Waals surface area contributed by atoms with Crippen molar-refractivity contribution >= 4 is 23.5 Å². The standard InChI is InChI=1S/C20H16F3N9O2/c1-32(12-5-3-2-4-6-12)19-29-14(28-18(24)30-19)15-27-17(34-31-15)13-8-7-11(9-25-13)16(33)26-10-20(21,22)23/h2-9H,10H2,1H3,(H,26,33)(H2,24,28,29,30). The van der Waals surface area contributed by atoms with Gasteiger partial charge < -0.3 is 20.5 Å². The number of anilines is 3. The van der Waals surface area contributed by atoms with E-state index in [4.69, 9.17) is 10.3 Å². The first-order valence-corrected chi connectivity index (χ1v) is 9.65.